The number of hydrogen-bond donors (Lipinski definition) is 0. The zero-order chi connectivity index (χ0) is 18.0. The Labute approximate surface area is 147 Å². The summed E-state index contributed by atoms with van der Waals surface area (Å²) in [6, 6.07) is 3.00. The van der Waals surface area contributed by atoms with Gasteiger partial charge in [-0.1, -0.05) is 0 Å². The van der Waals surface area contributed by atoms with Gasteiger partial charge in [0.2, 0.25) is 10.0 Å². The van der Waals surface area contributed by atoms with Gasteiger partial charge in [-0.2, -0.15) is 5.06 Å². The summed E-state index contributed by atoms with van der Waals surface area (Å²) in [5, 5.41) is 0.801. The predicted octanol–water partition coefficient (Wildman–Crippen LogP) is 1.17. The summed E-state index contributed by atoms with van der Waals surface area (Å²) in [5.41, 5.74) is 0. The molecule has 0 spiro atoms. The Morgan fingerprint density at radius 2 is 2.08 bits per heavy atom. The van der Waals surface area contributed by atoms with Gasteiger partial charge in [0.25, 0.3) is 0 Å². The second-order valence-corrected chi connectivity index (χ2v) is 8.46. The number of nitrogens with zero attached hydrogens (tertiary/aromatic N) is 2. The number of rotatable bonds is 5. The van der Waals surface area contributed by atoms with Crippen LogP contribution in [0.2, 0.25) is 0 Å². The second kappa shape index (κ2) is 7.45. The Morgan fingerprint density at radius 3 is 2.68 bits per heavy atom. The van der Waals surface area contributed by atoms with E-state index in [1.54, 1.807) is 26.1 Å². The van der Waals surface area contributed by atoms with Crippen molar-refractivity contribution in [3.8, 4) is 0 Å². The van der Waals surface area contributed by atoms with Crippen LogP contribution in [0.15, 0.2) is 22.8 Å². The number of hydrogen-bond acceptors (Lipinski definition) is 7. The number of furan rings is 1. The van der Waals surface area contributed by atoms with Gasteiger partial charge in [-0.3, -0.25) is 9.63 Å². The van der Waals surface area contributed by atoms with E-state index in [0.717, 1.165) is 0 Å². The van der Waals surface area contributed by atoms with E-state index >= 15 is 0 Å². The monoisotopic (exact) mass is 372 g/mol. The average Bonchev–Trinajstić information content (AvgIpc) is 3.24. The van der Waals surface area contributed by atoms with E-state index in [2.05, 4.69) is 0 Å². The third-order valence-corrected chi connectivity index (χ3v) is 7.08. The van der Waals surface area contributed by atoms with Crippen LogP contribution in [0.1, 0.15) is 31.6 Å². The van der Waals surface area contributed by atoms with Crippen molar-refractivity contribution in [2.75, 3.05) is 33.4 Å². The smallest absolute Gasteiger partial charge is 0.309 e. The number of piperidine rings is 1. The lowest BCUT2D eigenvalue weighted by molar-refractivity contribution is -0.149. The quantitative estimate of drug-likeness (QED) is 0.717. The fourth-order valence-corrected chi connectivity index (χ4v) is 5.43. The Morgan fingerprint density at radius 1 is 1.36 bits per heavy atom. The zero-order valence-corrected chi connectivity index (χ0v) is 15.3. The third kappa shape index (κ3) is 3.59. The highest BCUT2D eigenvalue weighted by Gasteiger charge is 2.47. The highest BCUT2D eigenvalue weighted by molar-refractivity contribution is 7.89. The van der Waals surface area contributed by atoms with Crippen LogP contribution in [0, 0.1) is 5.92 Å². The average molecular weight is 372 g/mol. The molecule has 25 heavy (non-hydrogen) atoms. The number of carbonyl (C=O) groups is 1. The summed E-state index contributed by atoms with van der Waals surface area (Å²) in [5.74, 6) is 0.0988. The van der Waals surface area contributed by atoms with Crippen molar-refractivity contribution in [1.29, 1.82) is 0 Å². The van der Waals surface area contributed by atoms with E-state index in [1.807, 2.05) is 0 Å². The summed E-state index contributed by atoms with van der Waals surface area (Å²) < 4.78 is 38.1. The topological polar surface area (TPSA) is 89.3 Å². The van der Waals surface area contributed by atoms with Gasteiger partial charge in [0, 0.05) is 20.1 Å². The van der Waals surface area contributed by atoms with Crippen molar-refractivity contribution in [3.05, 3.63) is 24.2 Å². The van der Waals surface area contributed by atoms with Crippen LogP contribution in [-0.4, -0.2) is 62.4 Å². The summed E-state index contributed by atoms with van der Waals surface area (Å²) in [4.78, 5) is 17.3. The number of sulfonamides is 1. The van der Waals surface area contributed by atoms with Crippen molar-refractivity contribution in [3.63, 3.8) is 0 Å². The lowest BCUT2D eigenvalue weighted by Gasteiger charge is -2.32. The number of ether oxygens (including phenoxy) is 1. The van der Waals surface area contributed by atoms with Crippen LogP contribution in [-0.2, 0) is 24.4 Å². The molecule has 0 radical (unpaired) electrons. The minimum atomic E-state index is -3.58. The lowest BCUT2D eigenvalue weighted by Crippen LogP contribution is -2.46. The first-order valence-electron chi connectivity index (χ1n) is 8.50. The molecule has 2 unspecified atom stereocenters. The number of carbonyl (C=O) groups excluding carboxylic acids is 1. The molecule has 1 aromatic rings. The van der Waals surface area contributed by atoms with Crippen molar-refractivity contribution in [2.45, 2.75) is 31.1 Å². The van der Waals surface area contributed by atoms with Crippen LogP contribution in [0.4, 0.5) is 0 Å². The van der Waals surface area contributed by atoms with Gasteiger partial charge < -0.3 is 9.15 Å². The largest absolute Gasteiger partial charge is 0.468 e. The molecule has 140 valence electrons. The molecule has 2 aliphatic rings. The Balaban J connectivity index is 1.71. The van der Waals surface area contributed by atoms with Crippen molar-refractivity contribution in [1.82, 2.24) is 9.37 Å². The molecular weight excluding hydrogens is 348 g/mol. The lowest BCUT2D eigenvalue weighted by atomic mass is 9.98. The highest BCUT2D eigenvalue weighted by Crippen LogP contribution is 2.36. The molecule has 1 aromatic heterocycles. The Kier molecular flexibility index (Phi) is 5.47. The minimum absolute atomic E-state index is 0.0853. The van der Waals surface area contributed by atoms with Crippen molar-refractivity contribution >= 4 is 16.0 Å². The molecule has 9 heteroatoms. The summed E-state index contributed by atoms with van der Waals surface area (Å²) >= 11 is 0. The molecule has 3 heterocycles. The van der Waals surface area contributed by atoms with Crippen LogP contribution < -0.4 is 0 Å². The molecule has 8 nitrogen and oxygen atoms in total. The number of hydroxylamine groups is 2. The second-order valence-electron chi connectivity index (χ2n) is 6.31. The van der Waals surface area contributed by atoms with E-state index in [1.165, 1.54) is 15.6 Å². The molecule has 2 atom stereocenters. The van der Waals surface area contributed by atoms with Gasteiger partial charge in [-0.15, -0.1) is 0 Å². The van der Waals surface area contributed by atoms with Gasteiger partial charge in [0.15, 0.2) is 0 Å². The van der Waals surface area contributed by atoms with Gasteiger partial charge in [0.05, 0.1) is 25.4 Å². The SMILES string of the molecule is CCOC(=O)C1CCN(S(=O)(=O)C2CON(C)C2c2ccco2)CC1. The van der Waals surface area contributed by atoms with Gasteiger partial charge in [0.1, 0.15) is 17.1 Å². The normalized spacial score (nSPS) is 26.8. The fourth-order valence-electron chi connectivity index (χ4n) is 3.47. The molecule has 2 saturated heterocycles. The maximum absolute atomic E-state index is 13.1. The molecule has 0 bridgehead atoms. The first-order chi connectivity index (χ1) is 11.9. The Hall–Kier alpha value is -1.42. The standard InChI is InChI=1S/C16H24N2O6S/c1-3-22-16(19)12-6-8-18(9-7-12)25(20,21)14-11-24-17(2)15(14)13-5-4-10-23-13/h4-5,10,12,14-15H,3,6-9,11H2,1-2H3. The molecule has 0 aromatic carbocycles. The van der Waals surface area contributed by atoms with Crippen LogP contribution >= 0.6 is 0 Å². The van der Waals surface area contributed by atoms with Crippen molar-refractivity contribution < 1.29 is 27.2 Å². The first-order valence-corrected chi connectivity index (χ1v) is 10.00. The van der Waals surface area contributed by atoms with Crippen LogP contribution in [0.5, 0.6) is 0 Å². The highest BCUT2D eigenvalue weighted by atomic mass is 32.2. The summed E-state index contributed by atoms with van der Waals surface area (Å²) in [7, 11) is -1.87. The van der Waals surface area contributed by atoms with Gasteiger partial charge >= 0.3 is 5.97 Å². The van der Waals surface area contributed by atoms with E-state index in [0.29, 0.717) is 38.3 Å². The van der Waals surface area contributed by atoms with Gasteiger partial charge in [-0.05, 0) is 31.9 Å². The first kappa shape index (κ1) is 18.4. The van der Waals surface area contributed by atoms with E-state index < -0.39 is 21.3 Å². The van der Waals surface area contributed by atoms with Crippen LogP contribution in [0.25, 0.3) is 0 Å². The maximum Gasteiger partial charge on any atom is 0.309 e. The molecule has 0 amide bonds. The molecule has 0 saturated carbocycles. The van der Waals surface area contributed by atoms with Crippen LogP contribution in [0.3, 0.4) is 0 Å². The fraction of sp³-hybridized carbons (Fsp3) is 0.688. The molecule has 3 rings (SSSR count). The van der Waals surface area contributed by atoms with E-state index in [4.69, 9.17) is 14.0 Å². The maximum atomic E-state index is 13.1. The van der Waals surface area contributed by atoms with Gasteiger partial charge in [-0.25, -0.2) is 12.7 Å². The van der Waals surface area contributed by atoms with E-state index in [9.17, 15) is 13.2 Å². The Bertz CT molecular complexity index is 681. The minimum Gasteiger partial charge on any atom is -0.468 e. The molecule has 2 aliphatic heterocycles. The molecule has 2 fully saturated rings. The van der Waals surface area contributed by atoms with E-state index in [-0.39, 0.29) is 18.5 Å². The summed E-state index contributed by atoms with van der Waals surface area (Å²) in [6.45, 7) is 2.83. The molecule has 0 N–H and O–H groups in total. The molecule has 0 aliphatic carbocycles. The number of esters is 1. The summed E-state index contributed by atoms with van der Waals surface area (Å²) in [6.07, 6.45) is 2.48. The zero-order valence-electron chi connectivity index (χ0n) is 14.5. The third-order valence-electron chi connectivity index (χ3n) is 4.84. The van der Waals surface area contributed by atoms with Crippen molar-refractivity contribution in [2.24, 2.45) is 5.92 Å². The predicted molar refractivity (Wildman–Crippen MR) is 88.8 cm³/mol. The molecular formula is C16H24N2O6S.